The molecule has 1 fully saturated rings. The first-order chi connectivity index (χ1) is 9.56. The number of anilines is 1. The molecule has 0 saturated carbocycles. The molecule has 1 N–H and O–H groups in total. The highest BCUT2D eigenvalue weighted by Crippen LogP contribution is 2.26. The third-order valence-electron chi connectivity index (χ3n) is 2.74. The first-order valence-electron chi connectivity index (χ1n) is 6.09. The monoisotopic (exact) mass is 405 g/mol. The molecule has 1 atom stereocenters. The van der Waals surface area contributed by atoms with Gasteiger partial charge in [-0.25, -0.2) is 4.79 Å². The maximum Gasteiger partial charge on any atom is 0.335 e. The van der Waals surface area contributed by atoms with Gasteiger partial charge in [0.05, 0.1) is 5.69 Å². The van der Waals surface area contributed by atoms with Crippen molar-refractivity contribution in [3.63, 3.8) is 0 Å². The number of esters is 1. The Morgan fingerprint density at radius 1 is 1.40 bits per heavy atom. The number of amides is 1. The second kappa shape index (κ2) is 7.19. The minimum absolute atomic E-state index is 0.318. The van der Waals surface area contributed by atoms with Crippen molar-refractivity contribution < 1.29 is 19.1 Å². The molecule has 1 aromatic carbocycles. The summed E-state index contributed by atoms with van der Waals surface area (Å²) in [4.78, 5) is 23.3. The van der Waals surface area contributed by atoms with Crippen molar-refractivity contribution in [2.24, 2.45) is 0 Å². The molecule has 7 heteroatoms. The molecule has 0 spiro atoms. The molecular weight excluding hydrogens is 394 g/mol. The van der Waals surface area contributed by atoms with E-state index in [1.807, 2.05) is 6.07 Å². The average molecular weight is 407 g/mol. The highest BCUT2D eigenvalue weighted by Gasteiger charge is 2.25. The predicted molar refractivity (Wildman–Crippen MR) is 80.4 cm³/mol. The number of rotatable bonds is 4. The third-order valence-corrected chi connectivity index (χ3v) is 3.89. The maximum absolute atomic E-state index is 11.7. The Balaban J connectivity index is 1.81. The predicted octanol–water partition coefficient (Wildman–Crippen LogP) is 2.87. The summed E-state index contributed by atoms with van der Waals surface area (Å²) in [6, 6.07) is 5.36. The Labute approximate surface area is 133 Å². The Hall–Kier alpha value is -0.920. The van der Waals surface area contributed by atoms with Gasteiger partial charge in [0.2, 0.25) is 0 Å². The normalized spacial score (nSPS) is 17.8. The average Bonchev–Trinajstić information content (AvgIpc) is 2.93. The Morgan fingerprint density at radius 3 is 2.85 bits per heavy atom. The van der Waals surface area contributed by atoms with E-state index < -0.39 is 12.1 Å². The quantitative estimate of drug-likeness (QED) is 0.781. The molecule has 1 aliphatic heterocycles. The van der Waals surface area contributed by atoms with Crippen molar-refractivity contribution >= 4 is 49.4 Å². The highest BCUT2D eigenvalue weighted by molar-refractivity contribution is 9.11. The Bertz CT molecular complexity index is 515. The molecule has 5 nitrogen and oxygen atoms in total. The van der Waals surface area contributed by atoms with Gasteiger partial charge in [-0.1, -0.05) is 15.9 Å². The van der Waals surface area contributed by atoms with Crippen molar-refractivity contribution in [2.75, 3.05) is 18.5 Å². The van der Waals surface area contributed by atoms with Crippen LogP contribution in [0.5, 0.6) is 0 Å². The van der Waals surface area contributed by atoms with Crippen LogP contribution in [-0.2, 0) is 19.1 Å². The van der Waals surface area contributed by atoms with E-state index in [0.717, 1.165) is 15.4 Å². The number of benzene rings is 1. The molecule has 1 saturated heterocycles. The zero-order chi connectivity index (χ0) is 14.5. The lowest BCUT2D eigenvalue weighted by Crippen LogP contribution is -2.27. The van der Waals surface area contributed by atoms with Crippen molar-refractivity contribution in [3.8, 4) is 0 Å². The highest BCUT2D eigenvalue weighted by atomic mass is 79.9. The lowest BCUT2D eigenvalue weighted by atomic mass is 10.2. The largest absolute Gasteiger partial charge is 0.454 e. The Kier molecular flexibility index (Phi) is 5.56. The van der Waals surface area contributed by atoms with Crippen LogP contribution in [0.1, 0.15) is 12.8 Å². The standard InChI is InChI=1S/C13H13Br2NO4/c14-8-3-4-10(9(15)6-8)16-12(17)7-20-13(18)11-2-1-5-19-11/h3-4,6,11H,1-2,5,7H2,(H,16,17)/t11-/m1/s1. The molecule has 2 rings (SSSR count). The van der Waals surface area contributed by atoms with Gasteiger partial charge in [0.15, 0.2) is 12.7 Å². The number of hydrogen-bond acceptors (Lipinski definition) is 4. The second-order valence-corrected chi connectivity index (χ2v) is 6.05. The molecule has 0 aromatic heterocycles. The maximum atomic E-state index is 11.7. The molecule has 1 heterocycles. The van der Waals surface area contributed by atoms with Crippen LogP contribution in [0.15, 0.2) is 27.1 Å². The van der Waals surface area contributed by atoms with Crippen LogP contribution in [0, 0.1) is 0 Å². The number of carbonyl (C=O) groups is 2. The zero-order valence-corrected chi connectivity index (χ0v) is 13.7. The van der Waals surface area contributed by atoms with Crippen LogP contribution in [0.2, 0.25) is 0 Å². The number of carbonyl (C=O) groups excluding carboxylic acids is 2. The van der Waals surface area contributed by atoms with Crippen molar-refractivity contribution in [3.05, 3.63) is 27.1 Å². The first kappa shape index (κ1) is 15.5. The van der Waals surface area contributed by atoms with Gasteiger partial charge >= 0.3 is 5.97 Å². The zero-order valence-electron chi connectivity index (χ0n) is 10.5. The summed E-state index contributed by atoms with van der Waals surface area (Å²) in [6.07, 6.45) is 0.971. The van der Waals surface area contributed by atoms with E-state index in [1.54, 1.807) is 12.1 Å². The molecule has 20 heavy (non-hydrogen) atoms. The first-order valence-corrected chi connectivity index (χ1v) is 7.68. The third kappa shape index (κ3) is 4.29. The minimum Gasteiger partial charge on any atom is -0.454 e. The van der Waals surface area contributed by atoms with Crippen molar-refractivity contribution in [1.29, 1.82) is 0 Å². The summed E-state index contributed by atoms with van der Waals surface area (Å²) >= 11 is 6.66. The lowest BCUT2D eigenvalue weighted by Gasteiger charge is -2.10. The number of halogens is 2. The van der Waals surface area contributed by atoms with Crippen LogP contribution in [0.3, 0.4) is 0 Å². The molecule has 0 unspecified atom stereocenters. The fourth-order valence-electron chi connectivity index (χ4n) is 1.77. The smallest absolute Gasteiger partial charge is 0.335 e. The second-order valence-electron chi connectivity index (χ2n) is 4.28. The number of nitrogens with one attached hydrogen (secondary N) is 1. The summed E-state index contributed by atoms with van der Waals surface area (Å²) in [5.74, 6) is -0.869. The van der Waals surface area contributed by atoms with Gasteiger partial charge in [0.25, 0.3) is 5.91 Å². The fraction of sp³-hybridized carbons (Fsp3) is 0.385. The molecule has 1 amide bonds. The summed E-state index contributed by atoms with van der Waals surface area (Å²) in [7, 11) is 0. The molecule has 0 bridgehead atoms. The summed E-state index contributed by atoms with van der Waals surface area (Å²) in [5, 5.41) is 2.66. The van der Waals surface area contributed by atoms with E-state index >= 15 is 0 Å². The summed E-state index contributed by atoms with van der Waals surface area (Å²) in [5.41, 5.74) is 0.617. The van der Waals surface area contributed by atoms with Crippen molar-refractivity contribution in [2.45, 2.75) is 18.9 Å². The van der Waals surface area contributed by atoms with Gasteiger partial charge in [-0.05, 0) is 47.0 Å². The molecule has 108 valence electrons. The number of hydrogen-bond donors (Lipinski definition) is 1. The van der Waals surface area contributed by atoms with Gasteiger partial charge in [-0.15, -0.1) is 0 Å². The van der Waals surface area contributed by atoms with Gasteiger partial charge < -0.3 is 14.8 Å². The van der Waals surface area contributed by atoms with E-state index in [2.05, 4.69) is 37.2 Å². The van der Waals surface area contributed by atoms with Crippen LogP contribution < -0.4 is 5.32 Å². The van der Waals surface area contributed by atoms with Gasteiger partial charge in [-0.3, -0.25) is 4.79 Å². The van der Waals surface area contributed by atoms with Crippen molar-refractivity contribution in [1.82, 2.24) is 0 Å². The molecule has 0 aliphatic carbocycles. The van der Waals surface area contributed by atoms with Gasteiger partial charge in [0.1, 0.15) is 0 Å². The molecule has 1 aliphatic rings. The number of ether oxygens (including phenoxy) is 2. The van der Waals surface area contributed by atoms with Crippen LogP contribution >= 0.6 is 31.9 Å². The fourth-order valence-corrected chi connectivity index (χ4v) is 2.92. The molecular formula is C13H13Br2NO4. The van der Waals surface area contributed by atoms with E-state index in [9.17, 15) is 9.59 Å². The lowest BCUT2D eigenvalue weighted by molar-refractivity contribution is -0.156. The minimum atomic E-state index is -0.526. The molecule has 1 aromatic rings. The summed E-state index contributed by atoms with van der Waals surface area (Å²) < 4.78 is 11.7. The van der Waals surface area contributed by atoms with Crippen LogP contribution in [0.25, 0.3) is 0 Å². The Morgan fingerprint density at radius 2 is 2.20 bits per heavy atom. The van der Waals surface area contributed by atoms with Gasteiger partial charge in [-0.2, -0.15) is 0 Å². The molecule has 0 radical (unpaired) electrons. The summed E-state index contributed by atoms with van der Waals surface area (Å²) in [6.45, 7) is 0.249. The van der Waals surface area contributed by atoms with E-state index in [0.29, 0.717) is 18.7 Å². The van der Waals surface area contributed by atoms with Gasteiger partial charge in [0, 0.05) is 15.6 Å². The van der Waals surface area contributed by atoms with E-state index in [4.69, 9.17) is 9.47 Å². The van der Waals surface area contributed by atoms with E-state index in [1.165, 1.54) is 0 Å². The van der Waals surface area contributed by atoms with Crippen LogP contribution in [0.4, 0.5) is 5.69 Å². The van der Waals surface area contributed by atoms with E-state index in [-0.39, 0.29) is 12.5 Å². The SMILES string of the molecule is O=C(COC(=O)[C@H]1CCCO1)Nc1ccc(Br)cc1Br. The topological polar surface area (TPSA) is 64.6 Å². The van der Waals surface area contributed by atoms with Crippen LogP contribution in [-0.4, -0.2) is 31.2 Å².